The van der Waals surface area contributed by atoms with Crippen molar-refractivity contribution < 1.29 is 104 Å². The number of benzene rings is 2. The number of phenolic OH excluding ortho intramolecular Hbond substituents is 3. The Bertz CT molecular complexity index is 1870. The SMILES string of the molecule is C[C@@H]1O[C@H](OOc2cc(O)c3c(=O)c(OO[C@H]4O[C@@H](C)[C@@H](O)[C@H](O)[C@@H]4O)c(-c4ccc(O)c(O)c4)oc3c2)[C@H](O)[C@H](O[C@H]2O[C@H](CO)[C@@H](O)[C@H](O)[C@H]2O)[C@H]1O. The van der Waals surface area contributed by atoms with Crippen LogP contribution < -0.4 is 15.2 Å². The summed E-state index contributed by atoms with van der Waals surface area (Å²) in [6.07, 6.45) is -24.3. The topological polar surface area (TPSA) is 347 Å². The largest absolute Gasteiger partial charge is 0.507 e. The third-order valence-electron chi connectivity index (χ3n) is 9.34. The first-order valence-electron chi connectivity index (χ1n) is 16.7. The molecule has 3 fully saturated rings. The molecule has 0 amide bonds. The minimum atomic E-state index is -1.89. The Morgan fingerprint density at radius 1 is 0.636 bits per heavy atom. The second kappa shape index (κ2) is 16.3. The van der Waals surface area contributed by atoms with Gasteiger partial charge in [0.1, 0.15) is 77.8 Å². The standard InChI is InChI=1S/C33H40O22/c1-9-19(38)23(42)26(45)32(47-9)55-53-30-22(41)18-15(37)6-12(7-16(18)49-28(30)11-3-4-13(35)14(36)5-11)52-54-33-27(46)29(20(39)10(2)48-33)51-31-25(44)24(43)21(40)17(8-34)50-31/h3-7,9-10,17,19-21,23-27,29,31-40,42-46H,8H2,1-2H3/t9-,10-,17+,19+,20-,21+,23-,24-,25+,26-,27+,29+,31+,32+,33+/m0/s1. The summed E-state index contributed by atoms with van der Waals surface area (Å²) in [7, 11) is 0. The third-order valence-corrected chi connectivity index (χ3v) is 9.34. The maximum Gasteiger partial charge on any atom is 0.256 e. The molecule has 3 saturated heterocycles. The van der Waals surface area contributed by atoms with Crippen LogP contribution in [0.1, 0.15) is 13.8 Å². The summed E-state index contributed by atoms with van der Waals surface area (Å²) >= 11 is 0. The zero-order chi connectivity index (χ0) is 40.0. The van der Waals surface area contributed by atoms with Gasteiger partial charge in [-0.05, 0) is 32.0 Å². The van der Waals surface area contributed by atoms with Crippen molar-refractivity contribution in [3.05, 3.63) is 40.6 Å². The fourth-order valence-corrected chi connectivity index (χ4v) is 6.10. The van der Waals surface area contributed by atoms with Crippen LogP contribution in [-0.2, 0) is 28.7 Å². The van der Waals surface area contributed by atoms with E-state index in [1.54, 1.807) is 0 Å². The molecule has 0 aliphatic carbocycles. The van der Waals surface area contributed by atoms with Crippen molar-refractivity contribution in [2.45, 2.75) is 106 Å². The lowest BCUT2D eigenvalue weighted by molar-refractivity contribution is -0.401. The maximum absolute atomic E-state index is 13.8. The number of phenols is 3. The van der Waals surface area contributed by atoms with Gasteiger partial charge in [-0.3, -0.25) is 4.79 Å². The number of aliphatic hydroxyl groups excluding tert-OH is 9. The van der Waals surface area contributed by atoms with Crippen molar-refractivity contribution >= 4 is 11.0 Å². The van der Waals surface area contributed by atoms with Crippen LogP contribution in [0.5, 0.6) is 28.7 Å². The average Bonchev–Trinajstić information content (AvgIpc) is 3.15. The Balaban J connectivity index is 1.26. The van der Waals surface area contributed by atoms with E-state index in [2.05, 4.69) is 0 Å². The Hall–Kier alpha value is -3.95. The van der Waals surface area contributed by atoms with Gasteiger partial charge in [-0.25, -0.2) is 0 Å². The highest BCUT2D eigenvalue weighted by atomic mass is 17.2. The molecular formula is C33H40O22. The molecule has 22 nitrogen and oxygen atoms in total. The molecule has 1 aromatic heterocycles. The summed E-state index contributed by atoms with van der Waals surface area (Å²) < 4.78 is 27.6. The van der Waals surface area contributed by atoms with Crippen molar-refractivity contribution in [1.82, 2.24) is 0 Å². The fourth-order valence-electron chi connectivity index (χ4n) is 6.10. The van der Waals surface area contributed by atoms with E-state index in [-0.39, 0.29) is 11.3 Å². The van der Waals surface area contributed by atoms with Crippen molar-refractivity contribution in [1.29, 1.82) is 0 Å². The van der Waals surface area contributed by atoms with Gasteiger partial charge in [-0.15, -0.1) is 0 Å². The van der Waals surface area contributed by atoms with E-state index < -0.39 is 144 Å². The van der Waals surface area contributed by atoms with Gasteiger partial charge in [0.15, 0.2) is 29.3 Å². The minimum absolute atomic E-state index is 0.0828. The highest BCUT2D eigenvalue weighted by Gasteiger charge is 2.51. The lowest BCUT2D eigenvalue weighted by Crippen LogP contribution is -2.64. The van der Waals surface area contributed by atoms with Gasteiger partial charge in [0.2, 0.25) is 18.0 Å². The molecule has 3 aliphatic heterocycles. The van der Waals surface area contributed by atoms with Gasteiger partial charge in [-0.1, -0.05) is 0 Å². The Kier molecular flexibility index (Phi) is 12.0. The van der Waals surface area contributed by atoms with E-state index in [0.717, 1.165) is 24.3 Å². The summed E-state index contributed by atoms with van der Waals surface area (Å²) in [6, 6.07) is 5.19. The third kappa shape index (κ3) is 7.89. The van der Waals surface area contributed by atoms with Gasteiger partial charge in [0, 0.05) is 17.7 Å². The Morgan fingerprint density at radius 3 is 1.93 bits per heavy atom. The van der Waals surface area contributed by atoms with Crippen LogP contribution in [0.25, 0.3) is 22.3 Å². The van der Waals surface area contributed by atoms with Gasteiger partial charge in [-0.2, -0.15) is 9.78 Å². The minimum Gasteiger partial charge on any atom is -0.507 e. The van der Waals surface area contributed by atoms with Crippen molar-refractivity contribution in [3.8, 4) is 40.1 Å². The number of rotatable bonds is 10. The number of fused-ring (bicyclic) bond motifs is 1. The van der Waals surface area contributed by atoms with Gasteiger partial charge < -0.3 is 94.4 Å². The normalized spacial score (nSPS) is 36.8. The second-order valence-electron chi connectivity index (χ2n) is 13.1. The second-order valence-corrected chi connectivity index (χ2v) is 13.1. The zero-order valence-corrected chi connectivity index (χ0v) is 28.7. The quantitative estimate of drug-likeness (QED) is 0.0543. The summed E-state index contributed by atoms with van der Waals surface area (Å²) in [5.41, 5.74) is -1.56. The molecule has 0 radical (unpaired) electrons. The van der Waals surface area contributed by atoms with Gasteiger partial charge in [0.05, 0.1) is 18.8 Å². The van der Waals surface area contributed by atoms with Gasteiger partial charge >= 0.3 is 0 Å². The monoisotopic (exact) mass is 788 g/mol. The number of aliphatic hydroxyl groups is 9. The van der Waals surface area contributed by atoms with E-state index in [0.29, 0.717) is 0 Å². The summed E-state index contributed by atoms with van der Waals surface area (Å²) in [5, 5.41) is 123. The van der Waals surface area contributed by atoms with Gasteiger partial charge in [0.25, 0.3) is 5.75 Å². The van der Waals surface area contributed by atoms with E-state index in [1.807, 2.05) is 0 Å². The number of aromatic hydroxyl groups is 3. The van der Waals surface area contributed by atoms with Crippen LogP contribution in [-0.4, -0.2) is 160 Å². The van der Waals surface area contributed by atoms with Crippen LogP contribution in [0, 0.1) is 0 Å². The first-order valence-corrected chi connectivity index (χ1v) is 16.7. The molecule has 12 N–H and O–H groups in total. The lowest BCUT2D eigenvalue weighted by atomic mass is 9.97. The molecular weight excluding hydrogens is 748 g/mol. The molecule has 0 unspecified atom stereocenters. The van der Waals surface area contributed by atoms with Crippen molar-refractivity contribution in [2.24, 2.45) is 0 Å². The average molecular weight is 789 g/mol. The smallest absolute Gasteiger partial charge is 0.256 e. The molecule has 2 aromatic carbocycles. The Labute approximate surface area is 308 Å². The number of hydrogen-bond acceptors (Lipinski definition) is 22. The molecule has 0 saturated carbocycles. The van der Waals surface area contributed by atoms with Crippen LogP contribution in [0.4, 0.5) is 0 Å². The van der Waals surface area contributed by atoms with Crippen molar-refractivity contribution in [2.75, 3.05) is 6.61 Å². The van der Waals surface area contributed by atoms with Crippen LogP contribution in [0.3, 0.4) is 0 Å². The predicted molar refractivity (Wildman–Crippen MR) is 174 cm³/mol. The first-order chi connectivity index (χ1) is 26.0. The van der Waals surface area contributed by atoms with E-state index >= 15 is 0 Å². The van der Waals surface area contributed by atoms with Crippen LogP contribution in [0.15, 0.2) is 39.5 Å². The molecule has 6 rings (SSSR count). The summed E-state index contributed by atoms with van der Waals surface area (Å²) in [6.45, 7) is 1.97. The molecule has 55 heavy (non-hydrogen) atoms. The Morgan fingerprint density at radius 2 is 1.25 bits per heavy atom. The zero-order valence-electron chi connectivity index (χ0n) is 28.7. The molecule has 3 aliphatic rings. The van der Waals surface area contributed by atoms with Crippen molar-refractivity contribution in [3.63, 3.8) is 0 Å². The van der Waals surface area contributed by atoms with E-state index in [9.17, 15) is 66.1 Å². The molecule has 0 bridgehead atoms. The summed E-state index contributed by atoms with van der Waals surface area (Å²) in [4.78, 5) is 34.7. The summed E-state index contributed by atoms with van der Waals surface area (Å²) in [5.74, 6) is -3.56. The maximum atomic E-state index is 13.8. The first kappa shape index (κ1) is 40.7. The fraction of sp³-hybridized carbons (Fsp3) is 0.545. The molecule has 4 heterocycles. The molecule has 22 heteroatoms. The molecule has 0 spiro atoms. The van der Waals surface area contributed by atoms with Crippen LogP contribution in [0.2, 0.25) is 0 Å². The molecule has 3 aromatic rings. The molecule has 15 atom stereocenters. The number of ether oxygens (including phenoxy) is 4. The number of hydrogen-bond donors (Lipinski definition) is 12. The van der Waals surface area contributed by atoms with Crippen LogP contribution >= 0.6 is 0 Å². The highest BCUT2D eigenvalue weighted by Crippen LogP contribution is 2.39. The lowest BCUT2D eigenvalue weighted by Gasteiger charge is -2.45. The predicted octanol–water partition coefficient (Wildman–Crippen LogP) is -3.32. The molecule has 304 valence electrons. The van der Waals surface area contributed by atoms with E-state index in [4.69, 9.17) is 42.9 Å². The van der Waals surface area contributed by atoms with E-state index in [1.165, 1.54) is 19.9 Å². The highest BCUT2D eigenvalue weighted by molar-refractivity contribution is 5.88.